The number of aromatic nitrogens is 6. The number of rotatable bonds is 6. The van der Waals surface area contributed by atoms with E-state index in [1.807, 2.05) is 36.1 Å². The van der Waals surface area contributed by atoms with Crippen LogP contribution in [0.1, 0.15) is 21.7 Å². The van der Waals surface area contributed by atoms with Crippen LogP contribution in [0.4, 0.5) is 5.69 Å². The summed E-state index contributed by atoms with van der Waals surface area (Å²) in [5.41, 5.74) is 4.39. The lowest BCUT2D eigenvalue weighted by Gasteiger charge is -2.11. The molecule has 5 rings (SSSR count). The van der Waals surface area contributed by atoms with E-state index in [2.05, 4.69) is 15.1 Å². The SMILES string of the molecule is COc1cc(-c2ccc3c(n2)CN(c2cnn(Cc4cn(C)cn4)c2)C3=O)cnc1OC. The summed E-state index contributed by atoms with van der Waals surface area (Å²) in [5, 5.41) is 4.38. The standard InChI is InChI=1S/C22H21N7O3/c1-27-9-15(24-13-27)10-28-11-16(8-25-28)29-12-19-17(22(29)30)4-5-18(26-19)14-6-20(31-2)21(32-3)23-7-14/h4-9,11,13H,10,12H2,1-3H3. The monoisotopic (exact) mass is 431 g/mol. The first-order valence-corrected chi connectivity index (χ1v) is 9.95. The summed E-state index contributed by atoms with van der Waals surface area (Å²) in [6.07, 6.45) is 8.89. The number of nitrogens with zero attached hydrogens (tertiary/aromatic N) is 7. The van der Waals surface area contributed by atoms with Gasteiger partial charge in [-0.15, -0.1) is 0 Å². The lowest BCUT2D eigenvalue weighted by atomic mass is 10.1. The van der Waals surface area contributed by atoms with Crippen molar-refractivity contribution in [3.05, 3.63) is 66.3 Å². The number of anilines is 1. The van der Waals surface area contributed by atoms with Gasteiger partial charge in [0.2, 0.25) is 0 Å². The molecular formula is C22H21N7O3. The van der Waals surface area contributed by atoms with E-state index in [0.29, 0.717) is 41.7 Å². The molecular weight excluding hydrogens is 410 g/mol. The first-order valence-electron chi connectivity index (χ1n) is 9.95. The predicted octanol–water partition coefficient (Wildman–Crippen LogP) is 2.30. The minimum absolute atomic E-state index is 0.0955. The number of fused-ring (bicyclic) bond motifs is 1. The van der Waals surface area contributed by atoms with Gasteiger partial charge in [0.25, 0.3) is 11.8 Å². The van der Waals surface area contributed by atoms with E-state index in [0.717, 1.165) is 16.9 Å². The molecule has 32 heavy (non-hydrogen) atoms. The van der Waals surface area contributed by atoms with Crippen molar-refractivity contribution in [2.75, 3.05) is 19.1 Å². The second-order valence-corrected chi connectivity index (χ2v) is 7.44. The molecule has 0 saturated heterocycles. The minimum atomic E-state index is -0.0955. The number of aryl methyl sites for hydroxylation is 1. The zero-order valence-electron chi connectivity index (χ0n) is 17.9. The van der Waals surface area contributed by atoms with Gasteiger partial charge in [0.1, 0.15) is 0 Å². The van der Waals surface area contributed by atoms with E-state index in [9.17, 15) is 4.79 Å². The van der Waals surface area contributed by atoms with Crippen molar-refractivity contribution in [2.24, 2.45) is 7.05 Å². The van der Waals surface area contributed by atoms with Gasteiger partial charge in [-0.05, 0) is 18.2 Å². The molecule has 4 aromatic rings. The molecule has 0 radical (unpaired) electrons. The molecule has 1 aliphatic heterocycles. The molecule has 0 atom stereocenters. The number of hydrogen-bond donors (Lipinski definition) is 0. The Morgan fingerprint density at radius 1 is 1.09 bits per heavy atom. The molecule has 0 saturated carbocycles. The predicted molar refractivity (Wildman–Crippen MR) is 116 cm³/mol. The summed E-state index contributed by atoms with van der Waals surface area (Å²) in [7, 11) is 5.02. The molecule has 1 amide bonds. The van der Waals surface area contributed by atoms with Gasteiger partial charge in [0, 0.05) is 31.2 Å². The third-order valence-electron chi connectivity index (χ3n) is 5.30. The Hall–Kier alpha value is -4.21. The number of carbonyl (C=O) groups excluding carboxylic acids is 1. The maximum atomic E-state index is 13.0. The fourth-order valence-electron chi connectivity index (χ4n) is 3.72. The zero-order chi connectivity index (χ0) is 22.2. The van der Waals surface area contributed by atoms with E-state index in [1.165, 1.54) is 7.11 Å². The number of carbonyl (C=O) groups is 1. The molecule has 0 bridgehead atoms. The highest BCUT2D eigenvalue weighted by atomic mass is 16.5. The summed E-state index contributed by atoms with van der Waals surface area (Å²) in [6.45, 7) is 0.905. The van der Waals surface area contributed by atoms with Crippen LogP contribution in [0.3, 0.4) is 0 Å². The molecule has 0 fully saturated rings. The average molecular weight is 431 g/mol. The van der Waals surface area contributed by atoms with Gasteiger partial charge >= 0.3 is 0 Å². The number of hydrogen-bond acceptors (Lipinski definition) is 7. The van der Waals surface area contributed by atoms with Crippen LogP contribution in [-0.4, -0.2) is 49.4 Å². The van der Waals surface area contributed by atoms with Crippen LogP contribution in [0.2, 0.25) is 0 Å². The Morgan fingerprint density at radius 3 is 2.72 bits per heavy atom. The smallest absolute Gasteiger partial charge is 0.260 e. The lowest BCUT2D eigenvalue weighted by molar-refractivity contribution is 0.0996. The summed E-state index contributed by atoms with van der Waals surface area (Å²) < 4.78 is 14.2. The molecule has 10 nitrogen and oxygen atoms in total. The number of amides is 1. The van der Waals surface area contributed by atoms with Crippen LogP contribution in [0, 0.1) is 0 Å². The van der Waals surface area contributed by atoms with E-state index in [1.54, 1.807) is 41.5 Å². The second kappa shape index (κ2) is 7.80. The van der Waals surface area contributed by atoms with Crippen molar-refractivity contribution in [1.82, 2.24) is 29.3 Å². The number of ether oxygens (including phenoxy) is 2. The van der Waals surface area contributed by atoms with Gasteiger partial charge in [-0.25, -0.2) is 9.97 Å². The maximum Gasteiger partial charge on any atom is 0.260 e. The molecule has 4 aromatic heterocycles. The molecule has 0 unspecified atom stereocenters. The van der Waals surface area contributed by atoms with Gasteiger partial charge in [0.05, 0.1) is 68.2 Å². The molecule has 0 spiro atoms. The highest BCUT2D eigenvalue weighted by Crippen LogP contribution is 2.32. The quantitative estimate of drug-likeness (QED) is 0.462. The largest absolute Gasteiger partial charge is 0.491 e. The van der Waals surface area contributed by atoms with Gasteiger partial charge in [-0.1, -0.05) is 0 Å². The Kier molecular flexibility index (Phi) is 4.81. The first-order chi connectivity index (χ1) is 15.6. The third kappa shape index (κ3) is 3.45. The number of pyridine rings is 2. The average Bonchev–Trinajstić information content (AvgIpc) is 3.52. The number of methoxy groups -OCH3 is 2. The molecule has 0 aromatic carbocycles. The highest BCUT2D eigenvalue weighted by Gasteiger charge is 2.31. The Bertz CT molecular complexity index is 1310. The fourth-order valence-corrected chi connectivity index (χ4v) is 3.72. The summed E-state index contributed by atoms with van der Waals surface area (Å²) in [5.74, 6) is 0.827. The van der Waals surface area contributed by atoms with Crippen molar-refractivity contribution in [3.8, 4) is 22.9 Å². The Balaban J connectivity index is 1.38. The van der Waals surface area contributed by atoms with Crippen LogP contribution < -0.4 is 14.4 Å². The first kappa shape index (κ1) is 19.7. The second-order valence-electron chi connectivity index (χ2n) is 7.44. The van der Waals surface area contributed by atoms with E-state index in [-0.39, 0.29) is 5.91 Å². The van der Waals surface area contributed by atoms with Gasteiger partial charge in [0.15, 0.2) is 5.75 Å². The van der Waals surface area contributed by atoms with Crippen molar-refractivity contribution in [3.63, 3.8) is 0 Å². The maximum absolute atomic E-state index is 13.0. The number of imidazole rings is 1. The Labute approximate surface area is 184 Å². The Morgan fingerprint density at radius 2 is 1.97 bits per heavy atom. The van der Waals surface area contributed by atoms with Crippen LogP contribution in [0.15, 0.2) is 49.3 Å². The summed E-state index contributed by atoms with van der Waals surface area (Å²) >= 11 is 0. The normalized spacial score (nSPS) is 12.8. The molecule has 5 heterocycles. The summed E-state index contributed by atoms with van der Waals surface area (Å²) in [6, 6.07) is 5.43. The van der Waals surface area contributed by atoms with Crippen LogP contribution in [0.5, 0.6) is 11.6 Å². The van der Waals surface area contributed by atoms with E-state index < -0.39 is 0 Å². The lowest BCUT2D eigenvalue weighted by Crippen LogP contribution is -2.22. The molecule has 1 aliphatic rings. The van der Waals surface area contributed by atoms with Crippen molar-refractivity contribution >= 4 is 11.6 Å². The van der Waals surface area contributed by atoms with Crippen LogP contribution in [-0.2, 0) is 20.1 Å². The zero-order valence-corrected chi connectivity index (χ0v) is 17.9. The topological polar surface area (TPSA) is 100 Å². The van der Waals surface area contributed by atoms with E-state index >= 15 is 0 Å². The van der Waals surface area contributed by atoms with Gasteiger partial charge in [-0.2, -0.15) is 5.10 Å². The summed E-state index contributed by atoms with van der Waals surface area (Å²) in [4.78, 5) is 28.0. The molecule has 0 N–H and O–H groups in total. The highest BCUT2D eigenvalue weighted by molar-refractivity contribution is 6.09. The van der Waals surface area contributed by atoms with Crippen LogP contribution in [0.25, 0.3) is 11.3 Å². The van der Waals surface area contributed by atoms with Crippen molar-refractivity contribution < 1.29 is 14.3 Å². The van der Waals surface area contributed by atoms with Crippen molar-refractivity contribution in [1.29, 1.82) is 0 Å². The third-order valence-corrected chi connectivity index (χ3v) is 5.30. The van der Waals surface area contributed by atoms with Crippen LogP contribution >= 0.6 is 0 Å². The van der Waals surface area contributed by atoms with Gasteiger partial charge in [-0.3, -0.25) is 19.4 Å². The molecule has 10 heteroatoms. The van der Waals surface area contributed by atoms with Gasteiger partial charge < -0.3 is 14.0 Å². The van der Waals surface area contributed by atoms with Crippen molar-refractivity contribution in [2.45, 2.75) is 13.1 Å². The molecule has 0 aliphatic carbocycles. The molecule has 162 valence electrons. The minimum Gasteiger partial charge on any atom is -0.491 e. The van der Waals surface area contributed by atoms with E-state index in [4.69, 9.17) is 14.5 Å². The fraction of sp³-hybridized carbons (Fsp3) is 0.227.